The first kappa shape index (κ1) is 15.7. The van der Waals surface area contributed by atoms with Crippen molar-refractivity contribution in [2.24, 2.45) is 5.92 Å². The third-order valence-corrected chi connectivity index (χ3v) is 6.02. The molecule has 1 aromatic rings. The Hall–Kier alpha value is -0.650. The van der Waals surface area contributed by atoms with Crippen molar-refractivity contribution in [3.63, 3.8) is 0 Å². The number of nitrogens with one attached hydrogen (secondary N) is 1. The minimum Gasteiger partial charge on any atom is -0.317 e. The lowest BCUT2D eigenvalue weighted by Crippen LogP contribution is -2.30. The van der Waals surface area contributed by atoms with Gasteiger partial charge in [0, 0.05) is 11.1 Å². The fourth-order valence-corrected chi connectivity index (χ4v) is 4.84. The lowest BCUT2D eigenvalue weighted by atomic mass is 9.94. The van der Waals surface area contributed by atoms with Gasteiger partial charge in [0.1, 0.15) is 5.82 Å². The van der Waals surface area contributed by atoms with Gasteiger partial charge < -0.3 is 5.32 Å². The molecule has 0 bridgehead atoms. The Morgan fingerprint density at radius 3 is 2.80 bits per heavy atom. The van der Waals surface area contributed by atoms with Gasteiger partial charge in [0.05, 0.1) is 11.5 Å². The molecule has 0 aliphatic carbocycles. The highest BCUT2D eigenvalue weighted by Crippen LogP contribution is 2.25. The van der Waals surface area contributed by atoms with Gasteiger partial charge in [-0.15, -0.1) is 0 Å². The summed E-state index contributed by atoms with van der Waals surface area (Å²) in [5.41, 5.74) is 0.883. The van der Waals surface area contributed by atoms with Crippen LogP contribution in [-0.4, -0.2) is 33.0 Å². The normalized spacial score (nSPS) is 22.9. The van der Waals surface area contributed by atoms with Gasteiger partial charge in [-0.1, -0.05) is 17.7 Å². The van der Waals surface area contributed by atoms with E-state index in [1.807, 2.05) is 7.05 Å². The van der Waals surface area contributed by atoms with Crippen LogP contribution in [0.5, 0.6) is 0 Å². The molecule has 2 rings (SSSR count). The molecule has 0 radical (unpaired) electrons. The van der Waals surface area contributed by atoms with Gasteiger partial charge in [-0.2, -0.15) is 0 Å². The van der Waals surface area contributed by atoms with Crippen molar-refractivity contribution in [2.45, 2.75) is 25.3 Å². The van der Waals surface area contributed by atoms with E-state index in [4.69, 9.17) is 11.6 Å². The van der Waals surface area contributed by atoms with Gasteiger partial charge in [0.15, 0.2) is 9.84 Å². The first-order chi connectivity index (χ1) is 9.39. The van der Waals surface area contributed by atoms with Crippen LogP contribution in [-0.2, 0) is 16.3 Å². The molecule has 1 N–H and O–H groups in total. The molecule has 20 heavy (non-hydrogen) atoms. The number of hydrogen-bond acceptors (Lipinski definition) is 3. The van der Waals surface area contributed by atoms with Gasteiger partial charge in [-0.25, -0.2) is 12.8 Å². The molecule has 1 aliphatic heterocycles. The van der Waals surface area contributed by atoms with E-state index in [2.05, 4.69) is 5.32 Å². The zero-order valence-electron chi connectivity index (χ0n) is 11.4. The molecule has 1 fully saturated rings. The average molecular weight is 320 g/mol. The lowest BCUT2D eigenvalue weighted by Gasteiger charge is -2.20. The molecule has 112 valence electrons. The van der Waals surface area contributed by atoms with E-state index < -0.39 is 9.84 Å². The van der Waals surface area contributed by atoms with Crippen LogP contribution in [0.1, 0.15) is 18.4 Å². The number of rotatable bonds is 5. The first-order valence-electron chi connectivity index (χ1n) is 6.71. The van der Waals surface area contributed by atoms with Crippen molar-refractivity contribution in [3.8, 4) is 0 Å². The molecule has 0 amide bonds. The van der Waals surface area contributed by atoms with E-state index >= 15 is 0 Å². The van der Waals surface area contributed by atoms with Crippen LogP contribution in [0.15, 0.2) is 18.2 Å². The minimum atomic E-state index is -2.84. The standard InChI is InChI=1S/C14H19ClFNO2S/c1-17-13(6-10-4-5-20(18,19)9-10)7-11-2-3-12(16)8-14(11)15/h2-3,8,10,13,17H,4-7,9H2,1H3. The maximum absolute atomic E-state index is 13.0. The molecule has 6 heteroatoms. The van der Waals surface area contributed by atoms with Gasteiger partial charge in [-0.3, -0.25) is 0 Å². The van der Waals surface area contributed by atoms with Crippen LogP contribution >= 0.6 is 11.6 Å². The van der Waals surface area contributed by atoms with E-state index in [1.54, 1.807) is 6.07 Å². The summed E-state index contributed by atoms with van der Waals surface area (Å²) in [6.45, 7) is 0. The SMILES string of the molecule is CNC(Cc1ccc(F)cc1Cl)CC1CCS(=O)(=O)C1. The summed E-state index contributed by atoms with van der Waals surface area (Å²) >= 11 is 6.03. The second-order valence-electron chi connectivity index (χ2n) is 5.43. The van der Waals surface area contributed by atoms with Crippen molar-refractivity contribution < 1.29 is 12.8 Å². The van der Waals surface area contributed by atoms with Crippen LogP contribution in [0.25, 0.3) is 0 Å². The third kappa shape index (κ3) is 4.17. The lowest BCUT2D eigenvalue weighted by molar-refractivity contribution is 0.424. The highest BCUT2D eigenvalue weighted by atomic mass is 35.5. The number of hydrogen-bond donors (Lipinski definition) is 1. The van der Waals surface area contributed by atoms with Crippen molar-refractivity contribution in [1.82, 2.24) is 5.32 Å². The van der Waals surface area contributed by atoms with Crippen molar-refractivity contribution in [2.75, 3.05) is 18.6 Å². The second kappa shape index (κ2) is 6.41. The van der Waals surface area contributed by atoms with E-state index in [9.17, 15) is 12.8 Å². The summed E-state index contributed by atoms with van der Waals surface area (Å²) in [6.07, 6.45) is 2.20. The third-order valence-electron chi connectivity index (χ3n) is 3.83. The molecule has 1 aliphatic rings. The highest BCUT2D eigenvalue weighted by molar-refractivity contribution is 7.91. The predicted molar refractivity (Wildman–Crippen MR) is 79.3 cm³/mol. The molecular weight excluding hydrogens is 301 g/mol. The Morgan fingerprint density at radius 1 is 1.50 bits per heavy atom. The molecule has 1 heterocycles. The Bertz CT molecular complexity index is 577. The number of benzene rings is 1. The van der Waals surface area contributed by atoms with E-state index in [1.165, 1.54) is 12.1 Å². The van der Waals surface area contributed by atoms with Crippen molar-refractivity contribution >= 4 is 21.4 Å². The Balaban J connectivity index is 1.99. The van der Waals surface area contributed by atoms with Crippen LogP contribution < -0.4 is 5.32 Å². The summed E-state index contributed by atoms with van der Waals surface area (Å²) < 4.78 is 36.0. The highest BCUT2D eigenvalue weighted by Gasteiger charge is 2.29. The zero-order valence-corrected chi connectivity index (χ0v) is 13.0. The van der Waals surface area contributed by atoms with Gasteiger partial charge in [-0.05, 0) is 49.9 Å². The molecule has 1 saturated heterocycles. The van der Waals surface area contributed by atoms with Crippen molar-refractivity contribution in [1.29, 1.82) is 0 Å². The average Bonchev–Trinajstić information content (AvgIpc) is 2.71. The smallest absolute Gasteiger partial charge is 0.150 e. The number of halogens is 2. The first-order valence-corrected chi connectivity index (χ1v) is 8.91. The van der Waals surface area contributed by atoms with E-state index in [-0.39, 0.29) is 23.5 Å². The molecule has 3 nitrogen and oxygen atoms in total. The second-order valence-corrected chi connectivity index (χ2v) is 8.07. The Kier molecular flexibility index (Phi) is 5.04. The molecule has 1 aromatic carbocycles. The molecule has 0 saturated carbocycles. The summed E-state index contributed by atoms with van der Waals surface area (Å²) in [6, 6.07) is 4.54. The van der Waals surface area contributed by atoms with Crippen LogP contribution in [0.2, 0.25) is 5.02 Å². The molecule has 2 unspecified atom stereocenters. The van der Waals surface area contributed by atoms with Gasteiger partial charge in [0.2, 0.25) is 0 Å². The summed E-state index contributed by atoms with van der Waals surface area (Å²) in [7, 11) is -0.987. The molecular formula is C14H19ClFNO2S. The topological polar surface area (TPSA) is 46.2 Å². The predicted octanol–water partition coefficient (Wildman–Crippen LogP) is 2.43. The van der Waals surface area contributed by atoms with Gasteiger partial charge in [0.25, 0.3) is 0 Å². The number of sulfone groups is 1. The quantitative estimate of drug-likeness (QED) is 0.906. The Labute approximate surface area is 124 Å². The zero-order chi connectivity index (χ0) is 14.8. The maximum Gasteiger partial charge on any atom is 0.150 e. The molecule has 0 spiro atoms. The van der Waals surface area contributed by atoms with Crippen LogP contribution in [0, 0.1) is 11.7 Å². The molecule has 0 aromatic heterocycles. The van der Waals surface area contributed by atoms with Crippen LogP contribution in [0.4, 0.5) is 4.39 Å². The largest absolute Gasteiger partial charge is 0.317 e. The fraction of sp³-hybridized carbons (Fsp3) is 0.571. The minimum absolute atomic E-state index is 0.149. The Morgan fingerprint density at radius 2 is 2.25 bits per heavy atom. The van der Waals surface area contributed by atoms with Crippen LogP contribution in [0.3, 0.4) is 0 Å². The van der Waals surface area contributed by atoms with Crippen molar-refractivity contribution in [3.05, 3.63) is 34.6 Å². The number of likely N-dealkylation sites (N-methyl/N-ethyl adjacent to an activating group) is 1. The van der Waals surface area contributed by atoms with Gasteiger partial charge >= 0.3 is 0 Å². The summed E-state index contributed by atoms with van der Waals surface area (Å²) in [5.74, 6) is 0.437. The van der Waals surface area contributed by atoms with E-state index in [0.29, 0.717) is 17.2 Å². The maximum atomic E-state index is 13.0. The summed E-state index contributed by atoms with van der Waals surface area (Å²) in [5, 5.41) is 3.62. The molecule has 2 atom stereocenters. The fourth-order valence-electron chi connectivity index (χ4n) is 2.72. The monoisotopic (exact) mass is 319 g/mol. The summed E-state index contributed by atoms with van der Waals surface area (Å²) in [4.78, 5) is 0. The van der Waals surface area contributed by atoms with E-state index in [0.717, 1.165) is 18.4 Å².